The van der Waals surface area contributed by atoms with Crippen molar-refractivity contribution >= 4 is 41.5 Å². The molecule has 11 nitrogen and oxygen atoms in total. The van der Waals surface area contributed by atoms with Gasteiger partial charge in [-0.2, -0.15) is 15.0 Å². The molecular weight excluding hydrogens is 522 g/mol. The van der Waals surface area contributed by atoms with Crippen LogP contribution in [0.15, 0.2) is 48.5 Å². The van der Waals surface area contributed by atoms with E-state index in [2.05, 4.69) is 30.5 Å². The number of carbonyl (C=O) groups is 2. The number of anilines is 3. The molecule has 1 aliphatic rings. The minimum atomic E-state index is -1.05. The maximum atomic E-state index is 12.2. The normalized spacial score (nSPS) is 13.9. The molecule has 0 aliphatic carbocycles. The first-order valence-corrected chi connectivity index (χ1v) is 13.1. The molecule has 206 valence electrons. The lowest BCUT2D eigenvalue weighted by molar-refractivity contribution is -0.137. The Morgan fingerprint density at radius 2 is 1.62 bits per heavy atom. The molecule has 3 aromatic rings. The molecule has 2 aromatic carbocycles. The Morgan fingerprint density at radius 1 is 0.974 bits per heavy atom. The van der Waals surface area contributed by atoms with E-state index in [0.29, 0.717) is 29.2 Å². The summed E-state index contributed by atoms with van der Waals surface area (Å²) in [5, 5.41) is 16.8. The number of ether oxygens (including phenoxy) is 1. The number of aliphatic carboxylic acids is 1. The number of benzene rings is 2. The molecule has 0 radical (unpaired) electrons. The third kappa shape index (κ3) is 8.18. The lowest BCUT2D eigenvalue weighted by Crippen LogP contribution is -2.34. The van der Waals surface area contributed by atoms with Crippen LogP contribution in [0.5, 0.6) is 5.75 Å². The molecule has 0 spiro atoms. The number of carboxylic acids is 1. The van der Waals surface area contributed by atoms with E-state index in [4.69, 9.17) is 16.3 Å². The van der Waals surface area contributed by atoms with Crippen LogP contribution in [0, 0.1) is 0 Å². The number of rotatable bonds is 10. The van der Waals surface area contributed by atoms with E-state index in [1.54, 1.807) is 38.4 Å². The molecule has 0 saturated carbocycles. The molecular formula is C27H32ClN7O4. The van der Waals surface area contributed by atoms with Gasteiger partial charge in [0.25, 0.3) is 0 Å². The van der Waals surface area contributed by atoms with Crippen LogP contribution in [-0.4, -0.2) is 70.2 Å². The zero-order valence-corrected chi connectivity index (χ0v) is 22.7. The van der Waals surface area contributed by atoms with Crippen LogP contribution in [0.2, 0.25) is 5.02 Å². The Kier molecular flexibility index (Phi) is 9.37. The van der Waals surface area contributed by atoms with E-state index in [9.17, 15) is 14.7 Å². The smallest absolute Gasteiger partial charge is 0.414 e. The Hall–Kier alpha value is -4.12. The van der Waals surface area contributed by atoms with Crippen LogP contribution >= 0.6 is 11.6 Å². The quantitative estimate of drug-likeness (QED) is 0.334. The second-order valence-corrected chi connectivity index (χ2v) is 9.89. The molecule has 1 aliphatic heterocycles. The summed E-state index contributed by atoms with van der Waals surface area (Å²) in [6.45, 7) is 2.12. The molecule has 1 aromatic heterocycles. The van der Waals surface area contributed by atoms with Gasteiger partial charge in [0.2, 0.25) is 17.8 Å². The van der Waals surface area contributed by atoms with Crippen molar-refractivity contribution < 1.29 is 19.4 Å². The monoisotopic (exact) mass is 553 g/mol. The van der Waals surface area contributed by atoms with Crippen molar-refractivity contribution in [1.82, 2.24) is 19.9 Å². The summed E-state index contributed by atoms with van der Waals surface area (Å²) in [7, 11) is 3.19. The third-order valence-electron chi connectivity index (χ3n) is 6.16. The highest BCUT2D eigenvalue weighted by molar-refractivity contribution is 6.30. The molecule has 12 heteroatoms. The van der Waals surface area contributed by atoms with E-state index in [1.165, 1.54) is 4.90 Å². The van der Waals surface area contributed by atoms with E-state index in [-0.39, 0.29) is 12.4 Å². The van der Waals surface area contributed by atoms with Crippen molar-refractivity contribution in [3.05, 3.63) is 64.7 Å². The van der Waals surface area contributed by atoms with Gasteiger partial charge in [-0.3, -0.25) is 0 Å². The fourth-order valence-corrected chi connectivity index (χ4v) is 4.13. The number of halogens is 1. The zero-order chi connectivity index (χ0) is 27.8. The molecule has 3 N–H and O–H groups in total. The number of piperidine rings is 1. The van der Waals surface area contributed by atoms with Crippen LogP contribution in [0.3, 0.4) is 0 Å². The summed E-state index contributed by atoms with van der Waals surface area (Å²) >= 11 is 5.99. The van der Waals surface area contributed by atoms with Crippen LogP contribution in [-0.2, 0) is 17.8 Å². The molecule has 0 bridgehead atoms. The van der Waals surface area contributed by atoms with Crippen LogP contribution in [0.25, 0.3) is 0 Å². The molecule has 4 rings (SSSR count). The van der Waals surface area contributed by atoms with E-state index < -0.39 is 18.1 Å². The zero-order valence-electron chi connectivity index (χ0n) is 21.9. The van der Waals surface area contributed by atoms with Crippen LogP contribution in [0.1, 0.15) is 30.4 Å². The topological polar surface area (TPSA) is 133 Å². The Balaban J connectivity index is 1.50. The molecule has 1 saturated heterocycles. The van der Waals surface area contributed by atoms with Gasteiger partial charge in [0.1, 0.15) is 11.8 Å². The fraction of sp³-hybridized carbons (Fsp3) is 0.370. The van der Waals surface area contributed by atoms with Gasteiger partial charge in [0, 0.05) is 45.2 Å². The Labute approximate surface area is 232 Å². The van der Waals surface area contributed by atoms with Crippen LogP contribution < -0.4 is 20.3 Å². The summed E-state index contributed by atoms with van der Waals surface area (Å²) < 4.78 is 5.23. The van der Waals surface area contributed by atoms with Gasteiger partial charge in [-0.1, -0.05) is 35.9 Å². The van der Waals surface area contributed by atoms with Gasteiger partial charge in [-0.05, 0) is 54.7 Å². The number of hydrogen-bond donors (Lipinski definition) is 3. The number of hydrogen-bond acceptors (Lipinski definition) is 9. The van der Waals surface area contributed by atoms with Crippen molar-refractivity contribution in [3.8, 4) is 5.75 Å². The molecule has 1 atom stereocenters. The lowest BCUT2D eigenvalue weighted by Gasteiger charge is -2.27. The summed E-state index contributed by atoms with van der Waals surface area (Å²) in [5.74, 6) is 0.348. The predicted octanol–water partition coefficient (Wildman–Crippen LogP) is 4.30. The summed E-state index contributed by atoms with van der Waals surface area (Å²) in [6, 6.07) is 13.2. The average Bonchev–Trinajstić information content (AvgIpc) is 2.93. The van der Waals surface area contributed by atoms with Gasteiger partial charge in [0.05, 0.1) is 0 Å². The van der Waals surface area contributed by atoms with E-state index in [1.807, 2.05) is 24.3 Å². The highest BCUT2D eigenvalue weighted by atomic mass is 35.5. The highest BCUT2D eigenvalue weighted by Crippen LogP contribution is 2.21. The number of amides is 1. The standard InChI is InChI=1S/C27H32ClN7O4/c1-34(2)27(38)39-21-12-8-18(9-13-21)16-22(23(36)37)30-25-31-24(29-17-19-6-10-20(28)11-7-19)32-26(33-25)35-14-4-3-5-15-35/h6-13,22H,3-5,14-17H2,1-2H3,(H,36,37)(H2,29,30,31,32,33)/t22-/m0/s1. The third-order valence-corrected chi connectivity index (χ3v) is 6.41. The molecule has 2 heterocycles. The van der Waals surface area contributed by atoms with E-state index >= 15 is 0 Å². The largest absolute Gasteiger partial charge is 0.480 e. The van der Waals surface area contributed by atoms with Gasteiger partial charge < -0.3 is 30.3 Å². The van der Waals surface area contributed by atoms with Gasteiger partial charge >= 0.3 is 12.1 Å². The van der Waals surface area contributed by atoms with Crippen molar-refractivity contribution in [1.29, 1.82) is 0 Å². The number of carboxylic acid groups (broad SMARTS) is 1. The summed E-state index contributed by atoms with van der Waals surface area (Å²) in [5.41, 5.74) is 1.74. The van der Waals surface area contributed by atoms with Crippen molar-refractivity contribution in [2.45, 2.75) is 38.3 Å². The average molecular weight is 554 g/mol. The number of nitrogens with one attached hydrogen (secondary N) is 2. The molecule has 0 unspecified atom stereocenters. The van der Waals surface area contributed by atoms with E-state index in [0.717, 1.165) is 43.5 Å². The minimum Gasteiger partial charge on any atom is -0.480 e. The van der Waals surface area contributed by atoms with Gasteiger partial charge in [-0.15, -0.1) is 0 Å². The van der Waals surface area contributed by atoms with Gasteiger partial charge in [0.15, 0.2) is 0 Å². The number of nitrogens with zero attached hydrogens (tertiary/aromatic N) is 5. The Morgan fingerprint density at radius 3 is 2.26 bits per heavy atom. The molecule has 1 fully saturated rings. The lowest BCUT2D eigenvalue weighted by atomic mass is 10.1. The van der Waals surface area contributed by atoms with Crippen molar-refractivity contribution in [3.63, 3.8) is 0 Å². The summed E-state index contributed by atoms with van der Waals surface area (Å²) in [6.07, 6.45) is 2.91. The number of carbonyl (C=O) groups excluding carboxylic acids is 1. The first kappa shape index (κ1) is 27.9. The van der Waals surface area contributed by atoms with Crippen molar-refractivity contribution in [2.75, 3.05) is 42.7 Å². The molecule has 1 amide bonds. The first-order valence-electron chi connectivity index (χ1n) is 12.7. The first-order chi connectivity index (χ1) is 18.8. The minimum absolute atomic E-state index is 0.162. The second-order valence-electron chi connectivity index (χ2n) is 9.46. The van der Waals surface area contributed by atoms with Crippen molar-refractivity contribution in [2.24, 2.45) is 0 Å². The predicted molar refractivity (Wildman–Crippen MR) is 150 cm³/mol. The number of aromatic nitrogens is 3. The van der Waals surface area contributed by atoms with Crippen LogP contribution in [0.4, 0.5) is 22.6 Å². The maximum Gasteiger partial charge on any atom is 0.414 e. The second kappa shape index (κ2) is 13.1. The SMILES string of the molecule is CN(C)C(=O)Oc1ccc(C[C@H](Nc2nc(NCc3ccc(Cl)cc3)nc(N3CCCCC3)n2)C(=O)O)cc1. The highest BCUT2D eigenvalue weighted by Gasteiger charge is 2.22. The summed E-state index contributed by atoms with van der Waals surface area (Å²) in [4.78, 5) is 41.0. The fourth-order valence-electron chi connectivity index (χ4n) is 4.00. The van der Waals surface area contributed by atoms with Gasteiger partial charge in [-0.25, -0.2) is 9.59 Å². The Bertz CT molecular complexity index is 1270. The molecule has 39 heavy (non-hydrogen) atoms. The maximum absolute atomic E-state index is 12.2.